The highest BCUT2D eigenvalue weighted by Crippen LogP contribution is 2.40. The van der Waals surface area contributed by atoms with E-state index in [2.05, 4.69) is 30.4 Å². The average molecular weight is 217 g/mol. The van der Waals surface area contributed by atoms with Crippen molar-refractivity contribution in [3.8, 4) is 5.75 Å². The molecule has 1 N–H and O–H groups in total. The van der Waals surface area contributed by atoms with Gasteiger partial charge < -0.3 is 10.1 Å². The molecule has 1 aliphatic carbocycles. The van der Waals surface area contributed by atoms with E-state index in [1.54, 1.807) is 0 Å². The Morgan fingerprint density at radius 2 is 2.25 bits per heavy atom. The predicted octanol–water partition coefficient (Wildman–Crippen LogP) is 3.22. The Bertz CT molecular complexity index is 396. The summed E-state index contributed by atoms with van der Waals surface area (Å²) in [6.07, 6.45) is 5.14. The molecule has 86 valence electrons. The first-order valence-corrected chi connectivity index (χ1v) is 6.25. The second-order valence-electron chi connectivity index (χ2n) is 5.45. The van der Waals surface area contributed by atoms with Crippen LogP contribution >= 0.6 is 0 Å². The Labute approximate surface area is 97.0 Å². The van der Waals surface area contributed by atoms with E-state index in [4.69, 9.17) is 4.74 Å². The van der Waals surface area contributed by atoms with Gasteiger partial charge in [-0.3, -0.25) is 0 Å². The Hall–Kier alpha value is -1.18. The van der Waals surface area contributed by atoms with Crippen LogP contribution in [0.2, 0.25) is 0 Å². The van der Waals surface area contributed by atoms with Crippen LogP contribution in [0.5, 0.6) is 5.75 Å². The molecule has 0 unspecified atom stereocenters. The fraction of sp³-hybridized carbons (Fsp3) is 0.571. The molecule has 1 aromatic rings. The molecule has 2 heteroatoms. The molecule has 0 radical (unpaired) electrons. The molecule has 3 rings (SSSR count). The van der Waals surface area contributed by atoms with Gasteiger partial charge in [-0.2, -0.15) is 0 Å². The third-order valence-electron chi connectivity index (χ3n) is 3.94. The number of hydrogen-bond donors (Lipinski definition) is 1. The van der Waals surface area contributed by atoms with E-state index in [1.165, 1.54) is 30.5 Å². The smallest absolute Gasteiger partial charge is 0.121 e. The predicted molar refractivity (Wildman–Crippen MR) is 66.1 cm³/mol. The number of fused-ring (bicyclic) bond motifs is 1. The maximum absolute atomic E-state index is 5.90. The van der Waals surface area contributed by atoms with Crippen molar-refractivity contribution >= 4 is 5.69 Å². The first kappa shape index (κ1) is 10.0. The minimum atomic E-state index is 0.437. The number of hydrogen-bond acceptors (Lipinski definition) is 2. The maximum Gasteiger partial charge on any atom is 0.121 e. The van der Waals surface area contributed by atoms with Crippen molar-refractivity contribution in [1.29, 1.82) is 0 Å². The van der Waals surface area contributed by atoms with Gasteiger partial charge in [0.2, 0.25) is 0 Å². The van der Waals surface area contributed by atoms with Crippen molar-refractivity contribution in [2.75, 3.05) is 18.5 Å². The summed E-state index contributed by atoms with van der Waals surface area (Å²) in [5, 5.41) is 3.39. The Balaban J connectivity index is 1.66. The third kappa shape index (κ3) is 1.77. The van der Waals surface area contributed by atoms with E-state index in [1.807, 2.05) is 0 Å². The average Bonchev–Trinajstić information content (AvgIpc) is 2.70. The minimum Gasteiger partial charge on any atom is -0.493 e. The largest absolute Gasteiger partial charge is 0.493 e. The molecule has 0 amide bonds. The van der Waals surface area contributed by atoms with Gasteiger partial charge in [0.15, 0.2) is 0 Å². The van der Waals surface area contributed by atoms with Crippen molar-refractivity contribution < 1.29 is 4.74 Å². The zero-order valence-corrected chi connectivity index (χ0v) is 9.88. The van der Waals surface area contributed by atoms with Crippen LogP contribution in [0.4, 0.5) is 5.69 Å². The van der Waals surface area contributed by atoms with Crippen LogP contribution < -0.4 is 10.1 Å². The molecule has 1 heterocycles. The molecule has 1 fully saturated rings. The van der Waals surface area contributed by atoms with Crippen LogP contribution in [0.3, 0.4) is 0 Å². The fourth-order valence-electron chi connectivity index (χ4n) is 2.54. The van der Waals surface area contributed by atoms with E-state index in [0.29, 0.717) is 5.41 Å². The standard InChI is InChI=1S/C14H19NO/c1-14(6-2-7-14)10-16-12-4-3-11-5-8-15-13(11)9-12/h3-4,9,15H,2,5-8,10H2,1H3. The van der Waals surface area contributed by atoms with Gasteiger partial charge in [0.1, 0.15) is 5.75 Å². The lowest BCUT2D eigenvalue weighted by atomic mass is 9.71. The maximum atomic E-state index is 5.90. The first-order chi connectivity index (χ1) is 7.75. The molecule has 16 heavy (non-hydrogen) atoms. The quantitative estimate of drug-likeness (QED) is 0.839. The van der Waals surface area contributed by atoms with Crippen LogP contribution in [0.15, 0.2) is 18.2 Å². The zero-order chi connectivity index (χ0) is 11.0. The SMILES string of the molecule is CC1(COc2ccc3c(c2)NCC3)CCC1. The second kappa shape index (κ2) is 3.69. The first-order valence-electron chi connectivity index (χ1n) is 6.25. The Morgan fingerprint density at radius 1 is 1.38 bits per heavy atom. The van der Waals surface area contributed by atoms with E-state index < -0.39 is 0 Å². The van der Waals surface area contributed by atoms with Crippen LogP contribution in [-0.2, 0) is 6.42 Å². The topological polar surface area (TPSA) is 21.3 Å². The van der Waals surface area contributed by atoms with Gasteiger partial charge in [-0.05, 0) is 30.9 Å². The van der Waals surface area contributed by atoms with Gasteiger partial charge >= 0.3 is 0 Å². The molecular weight excluding hydrogens is 198 g/mol. The van der Waals surface area contributed by atoms with E-state index in [9.17, 15) is 0 Å². The van der Waals surface area contributed by atoms with Gasteiger partial charge in [-0.25, -0.2) is 0 Å². The van der Waals surface area contributed by atoms with Crippen molar-refractivity contribution in [2.45, 2.75) is 32.6 Å². The lowest BCUT2D eigenvalue weighted by Gasteiger charge is -2.37. The Morgan fingerprint density at radius 3 is 3.00 bits per heavy atom. The summed E-state index contributed by atoms with van der Waals surface area (Å²) in [4.78, 5) is 0. The summed E-state index contributed by atoms with van der Waals surface area (Å²) in [7, 11) is 0. The fourth-order valence-corrected chi connectivity index (χ4v) is 2.54. The monoisotopic (exact) mass is 217 g/mol. The summed E-state index contributed by atoms with van der Waals surface area (Å²) in [5.41, 5.74) is 3.12. The summed E-state index contributed by atoms with van der Waals surface area (Å²) < 4.78 is 5.90. The van der Waals surface area contributed by atoms with Crippen molar-refractivity contribution in [2.24, 2.45) is 5.41 Å². The molecule has 2 nitrogen and oxygen atoms in total. The number of anilines is 1. The highest BCUT2D eigenvalue weighted by Gasteiger charge is 2.32. The molecule has 0 spiro atoms. The Kier molecular flexibility index (Phi) is 2.31. The lowest BCUT2D eigenvalue weighted by molar-refractivity contribution is 0.0776. The molecule has 1 saturated carbocycles. The van der Waals surface area contributed by atoms with Crippen LogP contribution in [0.1, 0.15) is 31.7 Å². The van der Waals surface area contributed by atoms with Gasteiger partial charge in [0.25, 0.3) is 0 Å². The van der Waals surface area contributed by atoms with E-state index in [-0.39, 0.29) is 0 Å². The molecule has 1 aromatic carbocycles. The lowest BCUT2D eigenvalue weighted by Crippen LogP contribution is -2.32. The minimum absolute atomic E-state index is 0.437. The third-order valence-corrected chi connectivity index (χ3v) is 3.94. The van der Waals surface area contributed by atoms with Crippen LogP contribution in [0.25, 0.3) is 0 Å². The van der Waals surface area contributed by atoms with Gasteiger partial charge in [-0.15, -0.1) is 0 Å². The van der Waals surface area contributed by atoms with Gasteiger partial charge in [0.05, 0.1) is 6.61 Å². The molecule has 0 saturated heterocycles. The van der Waals surface area contributed by atoms with Crippen molar-refractivity contribution in [1.82, 2.24) is 0 Å². The van der Waals surface area contributed by atoms with Crippen molar-refractivity contribution in [3.63, 3.8) is 0 Å². The van der Waals surface area contributed by atoms with Crippen LogP contribution in [-0.4, -0.2) is 13.2 Å². The molecule has 1 aliphatic heterocycles. The van der Waals surface area contributed by atoms with E-state index in [0.717, 1.165) is 25.3 Å². The number of ether oxygens (including phenoxy) is 1. The summed E-state index contributed by atoms with van der Waals surface area (Å²) >= 11 is 0. The highest BCUT2D eigenvalue weighted by atomic mass is 16.5. The number of rotatable bonds is 3. The van der Waals surface area contributed by atoms with E-state index >= 15 is 0 Å². The van der Waals surface area contributed by atoms with Crippen molar-refractivity contribution in [3.05, 3.63) is 23.8 Å². The zero-order valence-electron chi connectivity index (χ0n) is 9.88. The number of nitrogens with one attached hydrogen (secondary N) is 1. The molecule has 0 atom stereocenters. The number of benzene rings is 1. The summed E-state index contributed by atoms with van der Waals surface area (Å²) in [6, 6.07) is 6.44. The molecule has 0 aromatic heterocycles. The summed E-state index contributed by atoms with van der Waals surface area (Å²) in [6.45, 7) is 4.25. The van der Waals surface area contributed by atoms with Gasteiger partial charge in [-0.1, -0.05) is 19.4 Å². The second-order valence-corrected chi connectivity index (χ2v) is 5.45. The molecule has 2 aliphatic rings. The highest BCUT2D eigenvalue weighted by molar-refractivity contribution is 5.58. The molecule has 0 bridgehead atoms. The summed E-state index contributed by atoms with van der Waals surface area (Å²) in [5.74, 6) is 1.02. The normalized spacial score (nSPS) is 20.8. The van der Waals surface area contributed by atoms with Crippen LogP contribution in [0, 0.1) is 5.41 Å². The van der Waals surface area contributed by atoms with Gasteiger partial charge in [0, 0.05) is 23.7 Å². The molecular formula is C14H19NO.